The van der Waals surface area contributed by atoms with E-state index in [9.17, 15) is 14.4 Å². The summed E-state index contributed by atoms with van der Waals surface area (Å²) in [4.78, 5) is 35.0. The van der Waals surface area contributed by atoms with Crippen LogP contribution in [0.5, 0.6) is 5.75 Å². The number of carbonyl (C=O) groups is 2. The van der Waals surface area contributed by atoms with Crippen molar-refractivity contribution in [1.29, 1.82) is 0 Å². The van der Waals surface area contributed by atoms with Gasteiger partial charge in [-0.3, -0.25) is 9.59 Å². The minimum absolute atomic E-state index is 0.109. The second-order valence-corrected chi connectivity index (χ2v) is 5.85. The lowest BCUT2D eigenvalue weighted by Gasteiger charge is -2.10. The van der Waals surface area contributed by atoms with Crippen LogP contribution in [-0.2, 0) is 18.3 Å². The zero-order valence-corrected chi connectivity index (χ0v) is 14.9. The highest BCUT2D eigenvalue weighted by Crippen LogP contribution is 2.12. The standard InChI is InChI=1S/C18H21N3O5/c1-11-12(2)20-21(3)18(25)16(11)17(24)19-9-8-13-4-6-14(7-5-13)26-10-15(22)23/h4-7H,8-10H2,1-3H3,(H,19,24)(H,22,23). The molecule has 0 fully saturated rings. The van der Waals surface area contributed by atoms with Crippen molar-refractivity contribution >= 4 is 11.9 Å². The van der Waals surface area contributed by atoms with Crippen LogP contribution in [0.1, 0.15) is 27.2 Å². The van der Waals surface area contributed by atoms with E-state index in [1.165, 1.54) is 7.05 Å². The number of aromatic nitrogens is 2. The van der Waals surface area contributed by atoms with Crippen LogP contribution in [0.2, 0.25) is 0 Å². The molecule has 0 saturated heterocycles. The van der Waals surface area contributed by atoms with Crippen LogP contribution in [0.25, 0.3) is 0 Å². The first-order chi connectivity index (χ1) is 12.3. The van der Waals surface area contributed by atoms with Crippen LogP contribution >= 0.6 is 0 Å². The van der Waals surface area contributed by atoms with Crippen molar-refractivity contribution in [1.82, 2.24) is 15.1 Å². The zero-order chi connectivity index (χ0) is 19.3. The highest BCUT2D eigenvalue weighted by atomic mass is 16.5. The SMILES string of the molecule is Cc1nn(C)c(=O)c(C(=O)NCCc2ccc(OCC(=O)O)cc2)c1C. The Kier molecular flexibility index (Phi) is 6.11. The lowest BCUT2D eigenvalue weighted by Crippen LogP contribution is -2.35. The molecule has 0 bridgehead atoms. The summed E-state index contributed by atoms with van der Waals surface area (Å²) in [7, 11) is 1.51. The largest absolute Gasteiger partial charge is 0.482 e. The molecular formula is C18H21N3O5. The molecule has 0 aliphatic rings. The van der Waals surface area contributed by atoms with Crippen molar-refractivity contribution < 1.29 is 19.4 Å². The van der Waals surface area contributed by atoms with E-state index < -0.39 is 24.0 Å². The molecule has 138 valence electrons. The Bertz CT molecular complexity index is 872. The minimum atomic E-state index is -1.04. The number of nitrogens with one attached hydrogen (secondary N) is 1. The van der Waals surface area contributed by atoms with Gasteiger partial charge >= 0.3 is 5.97 Å². The molecule has 0 aliphatic carbocycles. The number of hydrogen-bond donors (Lipinski definition) is 2. The number of aliphatic carboxylic acids is 1. The molecule has 2 aromatic rings. The number of hydrogen-bond acceptors (Lipinski definition) is 5. The number of carboxylic acids is 1. The van der Waals surface area contributed by atoms with Crippen molar-refractivity contribution in [3.8, 4) is 5.75 Å². The number of nitrogens with zero attached hydrogens (tertiary/aromatic N) is 2. The minimum Gasteiger partial charge on any atom is -0.482 e. The number of aryl methyl sites for hydroxylation is 2. The third-order valence-corrected chi connectivity index (χ3v) is 3.94. The molecule has 1 heterocycles. The summed E-state index contributed by atoms with van der Waals surface area (Å²) in [6, 6.07) is 6.94. The number of carboxylic acid groups (broad SMARTS) is 1. The number of benzene rings is 1. The smallest absolute Gasteiger partial charge is 0.341 e. The molecule has 0 unspecified atom stereocenters. The molecule has 1 amide bonds. The topological polar surface area (TPSA) is 111 Å². The summed E-state index contributed by atoms with van der Waals surface area (Å²) in [6.45, 7) is 3.42. The molecule has 1 aromatic carbocycles. The van der Waals surface area contributed by atoms with Gasteiger partial charge in [-0.15, -0.1) is 0 Å². The molecule has 0 aliphatic heterocycles. The highest BCUT2D eigenvalue weighted by molar-refractivity contribution is 5.95. The van der Waals surface area contributed by atoms with E-state index in [-0.39, 0.29) is 5.56 Å². The van der Waals surface area contributed by atoms with Gasteiger partial charge in [-0.1, -0.05) is 12.1 Å². The molecule has 8 nitrogen and oxygen atoms in total. The molecule has 0 saturated carbocycles. The van der Waals surface area contributed by atoms with Gasteiger partial charge in [0.15, 0.2) is 6.61 Å². The van der Waals surface area contributed by atoms with Crippen LogP contribution < -0.4 is 15.6 Å². The Morgan fingerprint density at radius 2 is 1.88 bits per heavy atom. The lowest BCUT2D eigenvalue weighted by atomic mass is 10.1. The van der Waals surface area contributed by atoms with Gasteiger partial charge < -0.3 is 15.2 Å². The Morgan fingerprint density at radius 1 is 1.23 bits per heavy atom. The molecule has 0 atom stereocenters. The van der Waals surface area contributed by atoms with E-state index in [0.717, 1.165) is 10.2 Å². The van der Waals surface area contributed by atoms with Crippen LogP contribution in [-0.4, -0.2) is 39.9 Å². The maximum Gasteiger partial charge on any atom is 0.341 e. The number of ether oxygens (including phenoxy) is 1. The third-order valence-electron chi connectivity index (χ3n) is 3.94. The normalized spacial score (nSPS) is 10.4. The van der Waals surface area contributed by atoms with Crippen molar-refractivity contribution in [3.05, 3.63) is 57.0 Å². The fourth-order valence-electron chi connectivity index (χ4n) is 2.42. The molecule has 1 aromatic heterocycles. The van der Waals surface area contributed by atoms with Crippen LogP contribution in [0.3, 0.4) is 0 Å². The Balaban J connectivity index is 1.95. The van der Waals surface area contributed by atoms with Gasteiger partial charge in [0.2, 0.25) is 0 Å². The Morgan fingerprint density at radius 3 is 2.50 bits per heavy atom. The fraction of sp³-hybridized carbons (Fsp3) is 0.333. The molecular weight excluding hydrogens is 338 g/mol. The fourth-order valence-corrected chi connectivity index (χ4v) is 2.42. The molecule has 0 radical (unpaired) electrons. The van der Waals surface area contributed by atoms with E-state index in [2.05, 4.69) is 10.4 Å². The first kappa shape index (κ1) is 19.2. The molecule has 8 heteroatoms. The van der Waals surface area contributed by atoms with Crippen LogP contribution in [0, 0.1) is 13.8 Å². The highest BCUT2D eigenvalue weighted by Gasteiger charge is 2.17. The van der Waals surface area contributed by atoms with Gasteiger partial charge in [0.05, 0.1) is 5.69 Å². The average molecular weight is 359 g/mol. The summed E-state index contributed by atoms with van der Waals surface area (Å²) in [5.41, 5.74) is 1.84. The number of amides is 1. The maximum absolute atomic E-state index is 12.4. The van der Waals surface area contributed by atoms with Gasteiger partial charge in [-0.2, -0.15) is 5.10 Å². The lowest BCUT2D eigenvalue weighted by molar-refractivity contribution is -0.139. The van der Waals surface area contributed by atoms with Gasteiger partial charge in [0, 0.05) is 13.6 Å². The maximum atomic E-state index is 12.4. The molecule has 2 N–H and O–H groups in total. The van der Waals surface area contributed by atoms with Crippen LogP contribution in [0.15, 0.2) is 29.1 Å². The predicted octanol–water partition coefficient (Wildman–Crippen LogP) is 0.833. The second-order valence-electron chi connectivity index (χ2n) is 5.85. The van der Waals surface area contributed by atoms with Gasteiger partial charge in [0.25, 0.3) is 11.5 Å². The van der Waals surface area contributed by atoms with Crippen molar-refractivity contribution in [2.75, 3.05) is 13.2 Å². The summed E-state index contributed by atoms with van der Waals surface area (Å²) in [5, 5.41) is 15.4. The zero-order valence-electron chi connectivity index (χ0n) is 14.9. The van der Waals surface area contributed by atoms with Crippen molar-refractivity contribution in [2.24, 2.45) is 7.05 Å². The number of rotatable bonds is 7. The van der Waals surface area contributed by atoms with E-state index in [1.54, 1.807) is 38.1 Å². The average Bonchev–Trinajstić information content (AvgIpc) is 2.59. The Labute approximate surface area is 150 Å². The van der Waals surface area contributed by atoms with Gasteiger partial charge in [0.1, 0.15) is 11.3 Å². The number of carbonyl (C=O) groups excluding carboxylic acids is 1. The summed E-state index contributed by atoms with van der Waals surface area (Å²) < 4.78 is 6.22. The van der Waals surface area contributed by atoms with E-state index in [0.29, 0.717) is 30.0 Å². The monoisotopic (exact) mass is 359 g/mol. The summed E-state index contributed by atoms with van der Waals surface area (Å²) >= 11 is 0. The summed E-state index contributed by atoms with van der Waals surface area (Å²) in [6.07, 6.45) is 0.564. The summed E-state index contributed by atoms with van der Waals surface area (Å²) in [5.74, 6) is -0.994. The third kappa shape index (κ3) is 4.69. The van der Waals surface area contributed by atoms with Gasteiger partial charge in [-0.05, 0) is 43.5 Å². The van der Waals surface area contributed by atoms with Crippen molar-refractivity contribution in [2.45, 2.75) is 20.3 Å². The Hall–Kier alpha value is -3.16. The molecule has 2 rings (SSSR count). The first-order valence-electron chi connectivity index (χ1n) is 8.06. The van der Waals surface area contributed by atoms with Gasteiger partial charge in [-0.25, -0.2) is 9.48 Å². The van der Waals surface area contributed by atoms with Crippen LogP contribution in [0.4, 0.5) is 0 Å². The molecule has 0 spiro atoms. The predicted molar refractivity (Wildman–Crippen MR) is 94.6 cm³/mol. The second kappa shape index (κ2) is 8.28. The van der Waals surface area contributed by atoms with E-state index in [4.69, 9.17) is 9.84 Å². The quantitative estimate of drug-likeness (QED) is 0.758. The van der Waals surface area contributed by atoms with E-state index >= 15 is 0 Å². The molecule has 26 heavy (non-hydrogen) atoms. The van der Waals surface area contributed by atoms with E-state index in [1.807, 2.05) is 0 Å². The first-order valence-corrected chi connectivity index (χ1v) is 8.06. The van der Waals surface area contributed by atoms with Crippen molar-refractivity contribution in [3.63, 3.8) is 0 Å².